The Kier molecular flexibility index (Phi) is 6.79. The molecule has 2 aromatic rings. The van der Waals surface area contributed by atoms with Crippen LogP contribution in [0.5, 0.6) is 0 Å². The molecular formula is C18H19Cl2N3O2. The largest absolute Gasteiger partial charge is 0.350 e. The predicted molar refractivity (Wildman–Crippen MR) is 98.6 cm³/mol. The van der Waals surface area contributed by atoms with Gasteiger partial charge in [0.1, 0.15) is 6.04 Å². The van der Waals surface area contributed by atoms with Crippen LogP contribution in [0.1, 0.15) is 29.8 Å². The maximum atomic E-state index is 12.5. The third-order valence-corrected chi connectivity index (χ3v) is 4.15. The number of nitrogens with one attached hydrogen (secondary N) is 2. The highest BCUT2D eigenvalue weighted by Crippen LogP contribution is 2.21. The Hall–Kier alpha value is -2.11. The highest BCUT2D eigenvalue weighted by Gasteiger charge is 2.25. The molecule has 0 radical (unpaired) electrons. The fourth-order valence-corrected chi connectivity index (χ4v) is 2.72. The summed E-state index contributed by atoms with van der Waals surface area (Å²) >= 11 is 11.9. The van der Waals surface area contributed by atoms with E-state index < -0.39 is 11.9 Å². The molecule has 1 aromatic carbocycles. The van der Waals surface area contributed by atoms with Gasteiger partial charge in [-0.25, -0.2) is 0 Å². The molecule has 5 nitrogen and oxygen atoms in total. The lowest BCUT2D eigenvalue weighted by Gasteiger charge is -2.22. The second-order valence-corrected chi connectivity index (χ2v) is 6.74. The fourth-order valence-electron chi connectivity index (χ4n) is 2.23. The van der Waals surface area contributed by atoms with Gasteiger partial charge in [-0.2, -0.15) is 0 Å². The normalized spacial score (nSPS) is 11.9. The lowest BCUT2D eigenvalue weighted by Crippen LogP contribution is -2.49. The molecule has 2 rings (SSSR count). The number of benzene rings is 1. The highest BCUT2D eigenvalue weighted by atomic mass is 35.5. The van der Waals surface area contributed by atoms with Crippen LogP contribution in [-0.2, 0) is 11.3 Å². The van der Waals surface area contributed by atoms with Gasteiger partial charge < -0.3 is 10.6 Å². The van der Waals surface area contributed by atoms with Gasteiger partial charge in [0.2, 0.25) is 5.91 Å². The number of hydrogen-bond acceptors (Lipinski definition) is 3. The van der Waals surface area contributed by atoms with E-state index in [1.54, 1.807) is 24.5 Å². The summed E-state index contributed by atoms with van der Waals surface area (Å²) in [5.74, 6) is -0.780. The molecule has 0 bridgehead atoms. The summed E-state index contributed by atoms with van der Waals surface area (Å²) in [6.07, 6.45) is 3.34. The van der Waals surface area contributed by atoms with Crippen LogP contribution in [0.15, 0.2) is 42.7 Å². The first-order valence-electron chi connectivity index (χ1n) is 7.81. The maximum absolute atomic E-state index is 12.5. The van der Waals surface area contributed by atoms with Crippen molar-refractivity contribution in [2.45, 2.75) is 26.4 Å². The molecule has 0 spiro atoms. The molecule has 7 heteroatoms. The van der Waals surface area contributed by atoms with E-state index >= 15 is 0 Å². The van der Waals surface area contributed by atoms with Crippen molar-refractivity contribution >= 4 is 35.0 Å². The Morgan fingerprint density at radius 3 is 2.56 bits per heavy atom. The van der Waals surface area contributed by atoms with Crippen LogP contribution >= 0.6 is 23.2 Å². The van der Waals surface area contributed by atoms with Gasteiger partial charge in [0.25, 0.3) is 5.91 Å². The lowest BCUT2D eigenvalue weighted by molar-refractivity contribution is -0.124. The van der Waals surface area contributed by atoms with Gasteiger partial charge in [-0.3, -0.25) is 14.6 Å². The molecular weight excluding hydrogens is 361 g/mol. The molecule has 1 atom stereocenters. The van der Waals surface area contributed by atoms with Crippen LogP contribution in [0.3, 0.4) is 0 Å². The molecule has 0 aliphatic rings. The zero-order chi connectivity index (χ0) is 18.4. The first-order chi connectivity index (χ1) is 11.9. The Balaban J connectivity index is 2.04. The Morgan fingerprint density at radius 2 is 1.96 bits per heavy atom. The van der Waals surface area contributed by atoms with Crippen LogP contribution in [0.25, 0.3) is 0 Å². The summed E-state index contributed by atoms with van der Waals surface area (Å²) < 4.78 is 0. The van der Waals surface area contributed by atoms with Gasteiger partial charge in [-0.05, 0) is 35.7 Å². The van der Waals surface area contributed by atoms with Gasteiger partial charge in [-0.1, -0.05) is 43.1 Å². The van der Waals surface area contributed by atoms with Gasteiger partial charge in [0.15, 0.2) is 0 Å². The van der Waals surface area contributed by atoms with Crippen molar-refractivity contribution in [3.63, 3.8) is 0 Å². The number of amides is 2. The Morgan fingerprint density at radius 1 is 1.20 bits per heavy atom. The average Bonchev–Trinajstić information content (AvgIpc) is 2.58. The molecule has 0 aliphatic heterocycles. The van der Waals surface area contributed by atoms with E-state index in [9.17, 15) is 9.59 Å². The second kappa shape index (κ2) is 8.83. The van der Waals surface area contributed by atoms with Gasteiger partial charge >= 0.3 is 0 Å². The van der Waals surface area contributed by atoms with Crippen molar-refractivity contribution in [2.75, 3.05) is 0 Å². The molecule has 0 fully saturated rings. The summed E-state index contributed by atoms with van der Waals surface area (Å²) in [5.41, 5.74) is 1.15. The monoisotopic (exact) mass is 379 g/mol. The van der Waals surface area contributed by atoms with E-state index in [2.05, 4.69) is 15.6 Å². The maximum Gasteiger partial charge on any atom is 0.253 e. The number of nitrogens with zero attached hydrogens (tertiary/aromatic N) is 1. The molecule has 25 heavy (non-hydrogen) atoms. The van der Waals surface area contributed by atoms with Crippen molar-refractivity contribution in [2.24, 2.45) is 5.92 Å². The van der Waals surface area contributed by atoms with Gasteiger partial charge in [0, 0.05) is 24.0 Å². The Bertz CT molecular complexity index is 751. The molecule has 0 saturated heterocycles. The first-order valence-corrected chi connectivity index (χ1v) is 8.56. The molecule has 0 saturated carbocycles. The van der Waals surface area contributed by atoms with Crippen LogP contribution in [-0.4, -0.2) is 22.8 Å². The van der Waals surface area contributed by atoms with E-state index in [4.69, 9.17) is 23.2 Å². The zero-order valence-electron chi connectivity index (χ0n) is 13.9. The number of hydrogen-bond donors (Lipinski definition) is 2. The molecule has 2 N–H and O–H groups in total. The van der Waals surface area contributed by atoms with E-state index in [1.807, 2.05) is 19.9 Å². The number of pyridine rings is 1. The number of rotatable bonds is 6. The zero-order valence-corrected chi connectivity index (χ0v) is 15.4. The molecule has 0 aliphatic carbocycles. The van der Waals surface area contributed by atoms with Crippen molar-refractivity contribution in [3.8, 4) is 0 Å². The minimum atomic E-state index is -0.684. The van der Waals surface area contributed by atoms with E-state index in [0.717, 1.165) is 5.56 Å². The number of carbonyl (C=O) groups is 2. The van der Waals surface area contributed by atoms with Crippen molar-refractivity contribution in [3.05, 3.63) is 63.9 Å². The predicted octanol–water partition coefficient (Wildman–Crippen LogP) is 3.46. The molecule has 1 aromatic heterocycles. The lowest BCUT2D eigenvalue weighted by atomic mass is 10.0. The van der Waals surface area contributed by atoms with E-state index in [-0.39, 0.29) is 22.4 Å². The van der Waals surface area contributed by atoms with E-state index in [0.29, 0.717) is 11.6 Å². The topological polar surface area (TPSA) is 71.1 Å². The summed E-state index contributed by atoms with van der Waals surface area (Å²) in [5, 5.41) is 6.23. The van der Waals surface area contributed by atoms with Crippen molar-refractivity contribution < 1.29 is 9.59 Å². The van der Waals surface area contributed by atoms with Crippen molar-refractivity contribution in [1.29, 1.82) is 0 Å². The summed E-state index contributed by atoms with van der Waals surface area (Å²) in [4.78, 5) is 28.9. The van der Waals surface area contributed by atoms with E-state index in [1.165, 1.54) is 12.1 Å². The quantitative estimate of drug-likeness (QED) is 0.806. The van der Waals surface area contributed by atoms with Crippen LogP contribution < -0.4 is 10.6 Å². The van der Waals surface area contributed by atoms with Crippen molar-refractivity contribution in [1.82, 2.24) is 15.6 Å². The van der Waals surface area contributed by atoms with Gasteiger partial charge in [-0.15, -0.1) is 0 Å². The summed E-state index contributed by atoms with van der Waals surface area (Å²) in [6.45, 7) is 4.06. The smallest absolute Gasteiger partial charge is 0.253 e. The van der Waals surface area contributed by atoms with Crippen LogP contribution in [0.4, 0.5) is 0 Å². The fraction of sp³-hybridized carbons (Fsp3) is 0.278. The summed E-state index contributed by atoms with van der Waals surface area (Å²) in [7, 11) is 0. The first kappa shape index (κ1) is 19.2. The minimum Gasteiger partial charge on any atom is -0.350 e. The van der Waals surface area contributed by atoms with Gasteiger partial charge in [0.05, 0.1) is 10.6 Å². The number of halogens is 2. The third kappa shape index (κ3) is 5.44. The minimum absolute atomic E-state index is 0.0936. The standard InChI is InChI=1S/C18H19Cl2N3O2/c1-11(2)16(18(25)22-10-12-4-3-7-21-9-12)23-17(24)14-6-5-13(19)8-15(14)20/h3-9,11,16H,10H2,1-2H3,(H,22,25)(H,23,24)/t16-/m0/s1. The number of aromatic nitrogens is 1. The summed E-state index contributed by atoms with van der Waals surface area (Å²) in [6, 6.07) is 7.58. The average molecular weight is 380 g/mol. The highest BCUT2D eigenvalue weighted by molar-refractivity contribution is 6.36. The third-order valence-electron chi connectivity index (χ3n) is 3.60. The molecule has 132 valence electrons. The van der Waals surface area contributed by atoms with Crippen LogP contribution in [0.2, 0.25) is 10.0 Å². The molecule has 0 unspecified atom stereocenters. The molecule has 1 heterocycles. The molecule has 2 amide bonds. The second-order valence-electron chi connectivity index (χ2n) is 5.90. The van der Waals surface area contributed by atoms with Crippen LogP contribution in [0, 0.1) is 5.92 Å². The Labute approximate surface area is 156 Å². The number of carbonyl (C=O) groups excluding carboxylic acids is 2. The SMILES string of the molecule is CC(C)[C@H](NC(=O)c1ccc(Cl)cc1Cl)C(=O)NCc1cccnc1.